The van der Waals surface area contributed by atoms with Gasteiger partial charge in [0.25, 0.3) is 0 Å². The Morgan fingerprint density at radius 2 is 1.84 bits per heavy atom. The van der Waals surface area contributed by atoms with E-state index in [0.29, 0.717) is 21.8 Å². The third kappa shape index (κ3) is 6.29. The summed E-state index contributed by atoms with van der Waals surface area (Å²) in [6.45, 7) is 13.1. The number of thioether (sulfide) groups is 1. The average Bonchev–Trinajstić information content (AvgIpc) is 3.38. The van der Waals surface area contributed by atoms with Crippen molar-refractivity contribution in [1.29, 1.82) is 0 Å². The van der Waals surface area contributed by atoms with Crippen LogP contribution in [0, 0.1) is 13.8 Å². The van der Waals surface area contributed by atoms with E-state index in [0.717, 1.165) is 19.3 Å². The Labute approximate surface area is 193 Å². The highest BCUT2D eigenvalue weighted by Gasteiger charge is 2.34. The third-order valence-corrected chi connectivity index (χ3v) is 7.49. The highest BCUT2D eigenvalue weighted by Crippen LogP contribution is 2.35. The molecule has 1 heterocycles. The van der Waals surface area contributed by atoms with Crippen LogP contribution in [-0.4, -0.2) is 40.4 Å². The Bertz CT molecular complexity index is 938. The molecule has 0 atom stereocenters. The number of amides is 2. The molecule has 0 aliphatic heterocycles. The predicted molar refractivity (Wildman–Crippen MR) is 128 cm³/mol. The Morgan fingerprint density at radius 1 is 1.19 bits per heavy atom. The fourth-order valence-electron chi connectivity index (χ4n) is 3.56. The summed E-state index contributed by atoms with van der Waals surface area (Å²) in [6, 6.07) is 4.79. The zero-order valence-electron chi connectivity index (χ0n) is 19.2. The highest BCUT2D eigenvalue weighted by molar-refractivity contribution is 8.01. The smallest absolute Gasteiger partial charge is 0.230 e. The third-order valence-electron chi connectivity index (χ3n) is 5.44. The maximum Gasteiger partial charge on any atom is 0.230 e. The second kappa shape index (κ2) is 9.69. The van der Waals surface area contributed by atoms with Crippen molar-refractivity contribution in [2.75, 3.05) is 17.2 Å². The molecule has 6 nitrogen and oxygen atoms in total. The van der Waals surface area contributed by atoms with Gasteiger partial charge in [0.1, 0.15) is 0 Å². The number of carbonyl (C=O) groups is 2. The van der Waals surface area contributed by atoms with Crippen molar-refractivity contribution in [2.24, 2.45) is 0 Å². The van der Waals surface area contributed by atoms with Gasteiger partial charge in [0.05, 0.1) is 5.75 Å². The Kier molecular flexibility index (Phi) is 7.42. The molecular formula is C23H32N4O2S2. The first-order chi connectivity index (χ1) is 14.6. The standard InChI is InChI=1S/C23H32N4O2S2/c1-14-11-17(23(4,5)6)12-15(2)19(14)9-10-24-20(29)13-30-22-26-25-21(31-22)27(16(3)28)18-7-8-18/h11-12,18H,7-10,13H2,1-6H3,(H,24,29). The zero-order chi connectivity index (χ0) is 22.8. The second-order valence-electron chi connectivity index (χ2n) is 9.20. The van der Waals surface area contributed by atoms with E-state index in [2.05, 4.69) is 62.3 Å². The summed E-state index contributed by atoms with van der Waals surface area (Å²) in [7, 11) is 0. The SMILES string of the molecule is CC(=O)N(c1nnc(SCC(=O)NCCc2c(C)cc(C(C)(C)C)cc2C)s1)C1CC1. The van der Waals surface area contributed by atoms with Gasteiger partial charge in [-0.2, -0.15) is 0 Å². The van der Waals surface area contributed by atoms with Crippen LogP contribution < -0.4 is 10.2 Å². The van der Waals surface area contributed by atoms with Gasteiger partial charge in [0.15, 0.2) is 4.34 Å². The molecule has 1 aromatic heterocycles. The normalized spacial score (nSPS) is 13.9. The van der Waals surface area contributed by atoms with Crippen LogP contribution in [0.15, 0.2) is 16.5 Å². The number of hydrogen-bond donors (Lipinski definition) is 1. The van der Waals surface area contributed by atoms with E-state index in [1.807, 2.05) is 0 Å². The summed E-state index contributed by atoms with van der Waals surface area (Å²) in [5.41, 5.74) is 5.33. The Hall–Kier alpha value is -1.93. The van der Waals surface area contributed by atoms with Crippen LogP contribution >= 0.6 is 23.1 Å². The minimum absolute atomic E-state index is 0.00550. The van der Waals surface area contributed by atoms with Gasteiger partial charge in [0, 0.05) is 19.5 Å². The van der Waals surface area contributed by atoms with Crippen LogP contribution in [0.5, 0.6) is 0 Å². The van der Waals surface area contributed by atoms with Crippen LogP contribution in [0.3, 0.4) is 0 Å². The molecule has 0 spiro atoms. The number of carbonyl (C=O) groups excluding carboxylic acids is 2. The van der Waals surface area contributed by atoms with Crippen molar-refractivity contribution in [1.82, 2.24) is 15.5 Å². The summed E-state index contributed by atoms with van der Waals surface area (Å²) in [6.07, 6.45) is 2.85. The van der Waals surface area contributed by atoms with E-state index in [1.165, 1.54) is 45.4 Å². The van der Waals surface area contributed by atoms with Crippen LogP contribution in [0.1, 0.15) is 62.8 Å². The summed E-state index contributed by atoms with van der Waals surface area (Å²) in [5, 5.41) is 11.9. The molecule has 2 amide bonds. The molecule has 1 aromatic carbocycles. The van der Waals surface area contributed by atoms with E-state index in [4.69, 9.17) is 0 Å². The largest absolute Gasteiger partial charge is 0.355 e. The monoisotopic (exact) mass is 460 g/mol. The van der Waals surface area contributed by atoms with Crippen molar-refractivity contribution < 1.29 is 9.59 Å². The Morgan fingerprint density at radius 3 is 2.39 bits per heavy atom. The number of anilines is 1. The number of benzene rings is 1. The molecule has 0 saturated heterocycles. The number of aryl methyl sites for hydroxylation is 2. The molecule has 1 aliphatic carbocycles. The number of nitrogens with one attached hydrogen (secondary N) is 1. The molecule has 3 rings (SSSR count). The first-order valence-corrected chi connectivity index (χ1v) is 12.5. The topological polar surface area (TPSA) is 75.2 Å². The molecule has 0 radical (unpaired) electrons. The van der Waals surface area contributed by atoms with Gasteiger partial charge in [-0.3, -0.25) is 14.5 Å². The van der Waals surface area contributed by atoms with Crippen molar-refractivity contribution in [3.05, 3.63) is 34.4 Å². The number of aromatic nitrogens is 2. The van der Waals surface area contributed by atoms with E-state index < -0.39 is 0 Å². The van der Waals surface area contributed by atoms with Crippen LogP contribution in [0.25, 0.3) is 0 Å². The molecule has 31 heavy (non-hydrogen) atoms. The van der Waals surface area contributed by atoms with Gasteiger partial charge in [-0.25, -0.2) is 0 Å². The minimum Gasteiger partial charge on any atom is -0.355 e. The molecule has 0 unspecified atom stereocenters. The molecule has 0 bridgehead atoms. The van der Waals surface area contributed by atoms with Crippen LogP contribution in [0.4, 0.5) is 5.13 Å². The molecule has 8 heteroatoms. The lowest BCUT2D eigenvalue weighted by atomic mass is 9.83. The maximum atomic E-state index is 12.3. The van der Waals surface area contributed by atoms with Crippen LogP contribution in [0.2, 0.25) is 0 Å². The van der Waals surface area contributed by atoms with E-state index in [9.17, 15) is 9.59 Å². The van der Waals surface area contributed by atoms with Gasteiger partial charge < -0.3 is 5.32 Å². The molecular weight excluding hydrogens is 428 g/mol. The van der Waals surface area contributed by atoms with Crippen LogP contribution in [-0.2, 0) is 21.4 Å². The summed E-state index contributed by atoms with van der Waals surface area (Å²) < 4.78 is 0.710. The van der Waals surface area contributed by atoms with Crippen molar-refractivity contribution in [2.45, 2.75) is 76.6 Å². The van der Waals surface area contributed by atoms with Gasteiger partial charge in [-0.15, -0.1) is 10.2 Å². The quantitative estimate of drug-likeness (QED) is 0.466. The maximum absolute atomic E-state index is 12.3. The van der Waals surface area contributed by atoms with Crippen molar-refractivity contribution >= 4 is 40.0 Å². The fraction of sp³-hybridized carbons (Fsp3) is 0.565. The molecule has 2 aromatic rings. The van der Waals surface area contributed by atoms with Crippen molar-refractivity contribution in [3.63, 3.8) is 0 Å². The van der Waals surface area contributed by atoms with E-state index in [1.54, 1.807) is 11.8 Å². The second-order valence-corrected chi connectivity index (χ2v) is 11.4. The van der Waals surface area contributed by atoms with Gasteiger partial charge in [0.2, 0.25) is 16.9 Å². The molecule has 1 N–H and O–H groups in total. The first kappa shape index (κ1) is 23.7. The lowest BCUT2D eigenvalue weighted by molar-refractivity contribution is -0.118. The van der Waals surface area contributed by atoms with E-state index in [-0.39, 0.29) is 23.3 Å². The fourth-order valence-corrected chi connectivity index (χ4v) is 5.35. The van der Waals surface area contributed by atoms with E-state index >= 15 is 0 Å². The lowest BCUT2D eigenvalue weighted by Gasteiger charge is -2.22. The zero-order valence-corrected chi connectivity index (χ0v) is 20.9. The Balaban J connectivity index is 1.48. The predicted octanol–water partition coefficient (Wildman–Crippen LogP) is 4.42. The number of hydrogen-bond acceptors (Lipinski definition) is 6. The summed E-state index contributed by atoms with van der Waals surface area (Å²) in [5.74, 6) is 0.266. The summed E-state index contributed by atoms with van der Waals surface area (Å²) in [4.78, 5) is 25.9. The van der Waals surface area contributed by atoms with Gasteiger partial charge in [-0.1, -0.05) is 56.0 Å². The van der Waals surface area contributed by atoms with Gasteiger partial charge >= 0.3 is 0 Å². The summed E-state index contributed by atoms with van der Waals surface area (Å²) >= 11 is 2.74. The molecule has 1 fully saturated rings. The minimum atomic E-state index is -0.0195. The average molecular weight is 461 g/mol. The number of rotatable bonds is 8. The molecule has 168 valence electrons. The number of nitrogens with zero attached hydrogens (tertiary/aromatic N) is 3. The first-order valence-electron chi connectivity index (χ1n) is 10.7. The van der Waals surface area contributed by atoms with Gasteiger partial charge in [-0.05, 0) is 60.8 Å². The molecule has 1 aliphatic rings. The highest BCUT2D eigenvalue weighted by atomic mass is 32.2. The molecule has 1 saturated carbocycles. The lowest BCUT2D eigenvalue weighted by Crippen LogP contribution is -2.30. The van der Waals surface area contributed by atoms with Crippen molar-refractivity contribution in [3.8, 4) is 0 Å².